The first-order chi connectivity index (χ1) is 14.8. The lowest BCUT2D eigenvalue weighted by Crippen LogP contribution is -2.34. The van der Waals surface area contributed by atoms with E-state index in [1.165, 1.54) is 11.7 Å². The van der Waals surface area contributed by atoms with Gasteiger partial charge in [-0.15, -0.1) is 0 Å². The molecule has 1 amide bonds. The third-order valence-electron chi connectivity index (χ3n) is 4.23. The van der Waals surface area contributed by atoms with Gasteiger partial charge in [0.2, 0.25) is 5.91 Å². The minimum atomic E-state index is -0.780. The van der Waals surface area contributed by atoms with Gasteiger partial charge >= 0.3 is 11.3 Å². The van der Waals surface area contributed by atoms with E-state index < -0.39 is 10.9 Å². The van der Waals surface area contributed by atoms with E-state index in [0.717, 1.165) is 16.2 Å². The molecule has 0 saturated carbocycles. The first-order valence-corrected chi connectivity index (χ1v) is 10.4. The van der Waals surface area contributed by atoms with Gasteiger partial charge < -0.3 is 11.1 Å². The lowest BCUT2D eigenvalue weighted by atomic mass is 10.0. The Morgan fingerprint density at radius 1 is 1.32 bits per heavy atom. The Balaban J connectivity index is 2.01. The number of nitrogens with zero attached hydrogens (tertiary/aromatic N) is 4. The van der Waals surface area contributed by atoms with Gasteiger partial charge in [0.15, 0.2) is 7.05 Å². The molecular formula is C19H15BrN7O3S+. The molecule has 31 heavy (non-hydrogen) atoms. The zero-order valence-electron chi connectivity index (χ0n) is 16.3. The normalized spacial score (nSPS) is 11.4. The summed E-state index contributed by atoms with van der Waals surface area (Å²) in [5, 5.41) is 23.9. The number of carbonyl (C=O) groups excluding carboxylic acids is 1. The monoisotopic (exact) mass is 500 g/mol. The van der Waals surface area contributed by atoms with E-state index in [9.17, 15) is 20.1 Å². The van der Waals surface area contributed by atoms with Crippen LogP contribution in [0.2, 0.25) is 0 Å². The molecule has 0 radical (unpaired) electrons. The maximum atomic E-state index is 12.6. The van der Waals surface area contributed by atoms with Crippen LogP contribution in [-0.2, 0) is 11.8 Å². The number of hydrogen-bond donors (Lipinski definition) is 3. The summed E-state index contributed by atoms with van der Waals surface area (Å²) in [7, 11) is 1.49. The molecule has 0 fully saturated rings. The second-order valence-corrected chi connectivity index (χ2v) is 8.54. The van der Waals surface area contributed by atoms with Crippen LogP contribution < -0.4 is 21.4 Å². The molecule has 12 heteroatoms. The number of anilines is 2. The zero-order valence-corrected chi connectivity index (χ0v) is 18.7. The lowest BCUT2D eigenvalue weighted by molar-refractivity contribution is -0.730. The number of aromatic amines is 1. The van der Waals surface area contributed by atoms with Gasteiger partial charge in [-0.05, 0) is 36.5 Å². The molecule has 1 aromatic carbocycles. The van der Waals surface area contributed by atoms with E-state index in [2.05, 4.69) is 31.5 Å². The molecule has 156 valence electrons. The summed E-state index contributed by atoms with van der Waals surface area (Å²) < 4.78 is 6.86. The van der Waals surface area contributed by atoms with E-state index >= 15 is 0 Å². The van der Waals surface area contributed by atoms with Crippen LogP contribution in [0.1, 0.15) is 18.1 Å². The highest BCUT2D eigenvalue weighted by Crippen LogP contribution is 2.35. The van der Waals surface area contributed by atoms with Crippen molar-refractivity contribution in [2.75, 3.05) is 11.1 Å². The number of aryl methyl sites for hydroxylation is 1. The van der Waals surface area contributed by atoms with E-state index in [1.807, 2.05) is 12.1 Å². The van der Waals surface area contributed by atoms with Crippen molar-refractivity contribution in [3.8, 4) is 23.4 Å². The quantitative estimate of drug-likeness (QED) is 0.353. The smallest absolute Gasteiger partial charge is 0.383 e. The molecular weight excluding hydrogens is 486 g/mol. The van der Waals surface area contributed by atoms with E-state index in [1.54, 1.807) is 31.2 Å². The summed E-state index contributed by atoms with van der Waals surface area (Å²) in [6, 6.07) is 10.9. The second-order valence-electron chi connectivity index (χ2n) is 6.30. The SMILES string of the molecule is CC(Sc1nc(N)c(C#N)c(-c2c(=O)o[nH][n+]2C)c1C#N)C(=O)Nc1ccc(Br)cc1. The minimum absolute atomic E-state index is 0.00184. The summed E-state index contributed by atoms with van der Waals surface area (Å²) >= 11 is 4.31. The van der Waals surface area contributed by atoms with Crippen LogP contribution in [-0.4, -0.2) is 21.4 Å². The number of aromatic nitrogens is 3. The van der Waals surface area contributed by atoms with Gasteiger partial charge in [0, 0.05) is 10.2 Å². The number of nitrogen functional groups attached to an aromatic ring is 1. The first kappa shape index (κ1) is 22.1. The largest absolute Gasteiger partial charge is 0.435 e. The van der Waals surface area contributed by atoms with Crippen LogP contribution in [0.4, 0.5) is 11.5 Å². The maximum absolute atomic E-state index is 12.6. The van der Waals surface area contributed by atoms with Crippen LogP contribution in [0.25, 0.3) is 11.3 Å². The van der Waals surface area contributed by atoms with Gasteiger partial charge in [-0.2, -0.15) is 10.5 Å². The number of carbonyl (C=O) groups is 1. The Morgan fingerprint density at radius 2 is 1.97 bits per heavy atom. The van der Waals surface area contributed by atoms with Crippen molar-refractivity contribution in [2.24, 2.45) is 7.05 Å². The Labute approximate surface area is 188 Å². The van der Waals surface area contributed by atoms with Gasteiger partial charge in [-0.25, -0.2) is 9.78 Å². The molecule has 4 N–H and O–H groups in total. The number of thioether (sulfide) groups is 1. The minimum Gasteiger partial charge on any atom is -0.383 e. The molecule has 10 nitrogen and oxygen atoms in total. The summed E-state index contributed by atoms with van der Waals surface area (Å²) in [5.74, 6) is -0.491. The highest BCUT2D eigenvalue weighted by Gasteiger charge is 2.32. The van der Waals surface area contributed by atoms with Crippen molar-refractivity contribution in [1.29, 1.82) is 10.5 Å². The number of nitriles is 2. The van der Waals surface area contributed by atoms with Crippen LogP contribution in [0, 0.1) is 22.7 Å². The second kappa shape index (κ2) is 9.04. The Bertz CT molecular complexity index is 1300. The van der Waals surface area contributed by atoms with Crippen molar-refractivity contribution in [1.82, 2.24) is 10.3 Å². The van der Waals surface area contributed by atoms with Crippen LogP contribution in [0.15, 0.2) is 43.1 Å². The van der Waals surface area contributed by atoms with Crippen LogP contribution >= 0.6 is 27.7 Å². The molecule has 0 spiro atoms. The molecule has 0 aliphatic carbocycles. The van der Waals surface area contributed by atoms with Gasteiger partial charge in [-0.3, -0.25) is 9.32 Å². The Hall–Kier alpha value is -3.61. The average molecular weight is 501 g/mol. The highest BCUT2D eigenvalue weighted by molar-refractivity contribution is 9.10. The van der Waals surface area contributed by atoms with Crippen LogP contribution in [0.5, 0.6) is 0 Å². The Morgan fingerprint density at radius 3 is 2.52 bits per heavy atom. The summed E-state index contributed by atoms with van der Waals surface area (Å²) in [6.07, 6.45) is 0. The van der Waals surface area contributed by atoms with Crippen molar-refractivity contribution in [3.63, 3.8) is 0 Å². The summed E-state index contributed by atoms with van der Waals surface area (Å²) in [4.78, 5) is 28.9. The fraction of sp³-hybridized carbons (Fsp3) is 0.158. The van der Waals surface area contributed by atoms with Gasteiger partial charge in [0.05, 0.1) is 10.8 Å². The standard InChI is InChI=1S/C19H14BrN7O3S/c1-9(17(28)24-11-5-3-10(20)4-6-11)31-18-13(8-22)14(12(7-21)16(23)25-18)15-19(29)30-26-27(15)2/h3-6,9H,1-2H3,(H3-,23,24,25,26,28,29)/p+1. The molecule has 1 unspecified atom stereocenters. The average Bonchev–Trinajstić information content (AvgIpc) is 3.07. The van der Waals surface area contributed by atoms with E-state index in [4.69, 9.17) is 10.3 Å². The van der Waals surface area contributed by atoms with Crippen molar-refractivity contribution >= 4 is 45.1 Å². The van der Waals surface area contributed by atoms with Crippen molar-refractivity contribution in [3.05, 3.63) is 50.3 Å². The molecule has 0 bridgehead atoms. The van der Waals surface area contributed by atoms with Crippen molar-refractivity contribution < 1.29 is 14.0 Å². The van der Waals surface area contributed by atoms with Gasteiger partial charge in [0.25, 0.3) is 0 Å². The molecule has 3 aromatic rings. The highest BCUT2D eigenvalue weighted by atomic mass is 79.9. The third-order valence-corrected chi connectivity index (χ3v) is 5.84. The maximum Gasteiger partial charge on any atom is 0.435 e. The number of nitrogens with one attached hydrogen (secondary N) is 2. The van der Waals surface area contributed by atoms with Crippen molar-refractivity contribution in [2.45, 2.75) is 17.2 Å². The molecule has 0 aliphatic rings. The van der Waals surface area contributed by atoms with E-state index in [-0.39, 0.29) is 39.1 Å². The number of H-pyrrole nitrogens is 1. The molecule has 2 aromatic heterocycles. The zero-order chi connectivity index (χ0) is 22.7. The van der Waals surface area contributed by atoms with Gasteiger partial charge in [0.1, 0.15) is 34.1 Å². The summed E-state index contributed by atoms with van der Waals surface area (Å²) in [6.45, 7) is 1.64. The lowest BCUT2D eigenvalue weighted by Gasteiger charge is -2.14. The molecule has 3 rings (SSSR count). The molecule has 2 heterocycles. The van der Waals surface area contributed by atoms with Gasteiger partial charge in [-0.1, -0.05) is 32.4 Å². The third kappa shape index (κ3) is 4.45. The number of halogens is 1. The van der Waals surface area contributed by atoms with E-state index in [0.29, 0.717) is 5.69 Å². The van der Waals surface area contributed by atoms with Crippen LogP contribution in [0.3, 0.4) is 0 Å². The number of pyridine rings is 1. The number of amides is 1. The first-order valence-electron chi connectivity index (χ1n) is 8.71. The predicted molar refractivity (Wildman–Crippen MR) is 116 cm³/mol. The topological polar surface area (TPSA) is 165 Å². The fourth-order valence-electron chi connectivity index (χ4n) is 2.73. The Kier molecular flexibility index (Phi) is 6.44. The molecule has 1 atom stereocenters. The number of rotatable bonds is 5. The number of benzene rings is 1. The fourth-order valence-corrected chi connectivity index (χ4v) is 3.91. The number of nitrogens with two attached hydrogens (primary N) is 1. The summed E-state index contributed by atoms with van der Waals surface area (Å²) in [5.41, 5.74) is 5.52. The number of hydrogen-bond acceptors (Lipinski definition) is 8. The molecule has 0 saturated heterocycles. The predicted octanol–water partition coefficient (Wildman–Crippen LogP) is 2.06. The molecule has 0 aliphatic heterocycles.